The molecule has 8 nitrogen and oxygen atoms in total. The molecule has 2 aliphatic heterocycles. The zero-order valence-corrected chi connectivity index (χ0v) is 19.2. The number of rotatable bonds is 4. The highest BCUT2D eigenvalue weighted by atomic mass is 35.5. The molecule has 0 unspecified atom stereocenters. The molecule has 3 amide bonds. The second kappa shape index (κ2) is 9.70. The molecule has 1 fully saturated rings. The quantitative estimate of drug-likeness (QED) is 0.712. The number of carbonyl (C=O) groups excluding carboxylic acids is 2. The first-order valence-electron chi connectivity index (χ1n) is 11.1. The fraction of sp³-hybridized carbons (Fsp3) is 0.375. The van der Waals surface area contributed by atoms with Crippen LogP contribution in [0, 0.1) is 0 Å². The summed E-state index contributed by atoms with van der Waals surface area (Å²) in [6.45, 7) is 3.85. The van der Waals surface area contributed by atoms with E-state index in [2.05, 4.69) is 10.2 Å². The lowest BCUT2D eigenvalue weighted by Crippen LogP contribution is -2.49. The van der Waals surface area contributed by atoms with E-state index in [1.807, 2.05) is 43.3 Å². The highest BCUT2D eigenvalue weighted by molar-refractivity contribution is 6.34. The molecule has 0 spiro atoms. The Hall–Kier alpha value is -3.26. The number of amides is 3. The highest BCUT2D eigenvalue weighted by Crippen LogP contribution is 2.32. The first-order valence-corrected chi connectivity index (χ1v) is 11.4. The van der Waals surface area contributed by atoms with E-state index in [0.29, 0.717) is 16.3 Å². The molecule has 2 heterocycles. The summed E-state index contributed by atoms with van der Waals surface area (Å²) in [5.41, 5.74) is 2.93. The lowest BCUT2D eigenvalue weighted by molar-refractivity contribution is -0.135. The molecule has 4 rings (SSSR count). The molecular formula is C24H27ClN4O4. The summed E-state index contributed by atoms with van der Waals surface area (Å²) in [5.74, 6) is -1.35. The van der Waals surface area contributed by atoms with Gasteiger partial charge in [-0.15, -0.1) is 0 Å². The van der Waals surface area contributed by atoms with Crippen molar-refractivity contribution < 1.29 is 19.5 Å². The van der Waals surface area contributed by atoms with Gasteiger partial charge in [-0.25, -0.2) is 4.79 Å². The number of nitrogens with one attached hydrogen (secondary N) is 1. The third kappa shape index (κ3) is 4.90. The molecule has 0 aromatic heterocycles. The minimum atomic E-state index is -1.12. The Balaban J connectivity index is 1.62. The molecule has 1 atom stereocenters. The van der Waals surface area contributed by atoms with Crippen LogP contribution in [-0.4, -0.2) is 60.1 Å². The van der Waals surface area contributed by atoms with Crippen LogP contribution in [0.3, 0.4) is 0 Å². The number of halogens is 1. The van der Waals surface area contributed by atoms with Crippen molar-refractivity contribution in [1.29, 1.82) is 0 Å². The molecule has 0 radical (unpaired) electrons. The monoisotopic (exact) mass is 470 g/mol. The van der Waals surface area contributed by atoms with E-state index in [9.17, 15) is 14.4 Å². The van der Waals surface area contributed by atoms with Gasteiger partial charge in [-0.2, -0.15) is 0 Å². The number of anilines is 2. The summed E-state index contributed by atoms with van der Waals surface area (Å²) in [4.78, 5) is 42.6. The zero-order chi connectivity index (χ0) is 23.5. The maximum atomic E-state index is 13.6. The summed E-state index contributed by atoms with van der Waals surface area (Å²) < 4.78 is 0. The number of carboxylic acids is 1. The number of fused-ring (bicyclic) bond motifs is 1. The number of hydrogen-bond donors (Lipinski definition) is 2. The zero-order valence-electron chi connectivity index (χ0n) is 18.5. The first kappa shape index (κ1) is 22.9. The lowest BCUT2D eigenvalue weighted by Gasteiger charge is -2.29. The average molecular weight is 471 g/mol. The molecule has 9 heteroatoms. The topological polar surface area (TPSA) is 93.2 Å². The van der Waals surface area contributed by atoms with Crippen molar-refractivity contribution in [2.75, 3.05) is 36.0 Å². The van der Waals surface area contributed by atoms with Crippen molar-refractivity contribution in [2.45, 2.75) is 32.4 Å². The Morgan fingerprint density at radius 1 is 1.12 bits per heavy atom. The van der Waals surface area contributed by atoms with Crippen molar-refractivity contribution in [1.82, 2.24) is 10.2 Å². The fourth-order valence-electron chi connectivity index (χ4n) is 4.42. The van der Waals surface area contributed by atoms with E-state index in [4.69, 9.17) is 16.7 Å². The lowest BCUT2D eigenvalue weighted by atomic mass is 10.1. The van der Waals surface area contributed by atoms with Gasteiger partial charge in [-0.3, -0.25) is 9.59 Å². The van der Waals surface area contributed by atoms with Gasteiger partial charge < -0.3 is 25.1 Å². The van der Waals surface area contributed by atoms with E-state index in [1.54, 1.807) is 15.9 Å². The number of hydrogen-bond acceptors (Lipinski definition) is 4. The minimum Gasteiger partial charge on any atom is -0.480 e. The number of para-hydroxylation sites is 1. The Bertz CT molecular complexity index is 1070. The standard InChI is InChI=1S/C24H27ClN4O4/c1-16-14-29(23(32)19-9-8-18(12-20(19)25)27-10-4-5-11-27)21-7-3-2-6-17(21)15-28(16)24(33)26-13-22(30)31/h2-3,6-9,12,16H,4-5,10-11,13-15H2,1H3,(H,26,33)(H,30,31)/t16-/m1/s1. The van der Waals surface area contributed by atoms with Crippen LogP contribution in [0.5, 0.6) is 0 Å². The molecule has 0 bridgehead atoms. The predicted molar refractivity (Wildman–Crippen MR) is 127 cm³/mol. The summed E-state index contributed by atoms with van der Waals surface area (Å²) in [6.07, 6.45) is 2.30. The smallest absolute Gasteiger partial charge is 0.323 e. The van der Waals surface area contributed by atoms with Gasteiger partial charge in [0, 0.05) is 43.6 Å². The normalized spacial score (nSPS) is 18.0. The summed E-state index contributed by atoms with van der Waals surface area (Å²) in [5, 5.41) is 11.7. The van der Waals surface area contributed by atoms with Gasteiger partial charge in [0.2, 0.25) is 0 Å². The van der Waals surface area contributed by atoms with Gasteiger partial charge in [-0.05, 0) is 49.6 Å². The van der Waals surface area contributed by atoms with Crippen molar-refractivity contribution in [3.63, 3.8) is 0 Å². The van der Waals surface area contributed by atoms with Crippen LogP contribution in [0.1, 0.15) is 35.7 Å². The second-order valence-corrected chi connectivity index (χ2v) is 8.84. The van der Waals surface area contributed by atoms with Crippen molar-refractivity contribution in [2.24, 2.45) is 0 Å². The fourth-order valence-corrected chi connectivity index (χ4v) is 4.68. The number of carbonyl (C=O) groups is 3. The van der Waals surface area contributed by atoms with Crippen LogP contribution >= 0.6 is 11.6 Å². The number of aliphatic carboxylic acids is 1. The Morgan fingerprint density at radius 3 is 2.55 bits per heavy atom. The summed E-state index contributed by atoms with van der Waals surface area (Å²) in [7, 11) is 0. The van der Waals surface area contributed by atoms with Crippen molar-refractivity contribution in [3.05, 3.63) is 58.6 Å². The summed E-state index contributed by atoms with van der Waals surface area (Å²) in [6, 6.07) is 12.1. The Morgan fingerprint density at radius 2 is 1.85 bits per heavy atom. The maximum absolute atomic E-state index is 13.6. The molecule has 0 aliphatic carbocycles. The van der Waals surface area contributed by atoms with Crippen LogP contribution in [0.2, 0.25) is 5.02 Å². The highest BCUT2D eigenvalue weighted by Gasteiger charge is 2.32. The van der Waals surface area contributed by atoms with Gasteiger partial charge in [0.25, 0.3) is 5.91 Å². The largest absolute Gasteiger partial charge is 0.480 e. The maximum Gasteiger partial charge on any atom is 0.323 e. The van der Waals surface area contributed by atoms with Gasteiger partial charge in [0.1, 0.15) is 6.54 Å². The average Bonchev–Trinajstić information content (AvgIpc) is 3.29. The number of carboxylic acid groups (broad SMARTS) is 1. The molecule has 33 heavy (non-hydrogen) atoms. The van der Waals surface area contributed by atoms with Crippen LogP contribution < -0.4 is 15.1 Å². The van der Waals surface area contributed by atoms with Gasteiger partial charge in [-0.1, -0.05) is 29.8 Å². The third-order valence-corrected chi connectivity index (χ3v) is 6.47. The van der Waals surface area contributed by atoms with E-state index in [1.165, 1.54) is 0 Å². The van der Waals surface area contributed by atoms with E-state index in [-0.39, 0.29) is 25.0 Å². The number of urea groups is 1. The van der Waals surface area contributed by atoms with Crippen LogP contribution in [0.15, 0.2) is 42.5 Å². The SMILES string of the molecule is C[C@@H]1CN(C(=O)c2ccc(N3CCCC3)cc2Cl)c2ccccc2CN1C(=O)NCC(=O)O. The second-order valence-electron chi connectivity index (χ2n) is 8.43. The predicted octanol–water partition coefficient (Wildman–Crippen LogP) is 3.59. The van der Waals surface area contributed by atoms with Crippen LogP contribution in [-0.2, 0) is 11.3 Å². The van der Waals surface area contributed by atoms with Gasteiger partial charge in [0.05, 0.1) is 10.6 Å². The molecule has 0 saturated carbocycles. The van der Waals surface area contributed by atoms with Crippen molar-refractivity contribution >= 4 is 40.9 Å². The van der Waals surface area contributed by atoms with Gasteiger partial charge in [0.15, 0.2) is 0 Å². The van der Waals surface area contributed by atoms with E-state index < -0.39 is 18.5 Å². The van der Waals surface area contributed by atoms with Gasteiger partial charge >= 0.3 is 12.0 Å². The minimum absolute atomic E-state index is 0.236. The summed E-state index contributed by atoms with van der Waals surface area (Å²) >= 11 is 6.57. The number of benzene rings is 2. The molecule has 1 saturated heterocycles. The third-order valence-electron chi connectivity index (χ3n) is 6.15. The Kier molecular flexibility index (Phi) is 6.74. The molecule has 174 valence electrons. The first-order chi connectivity index (χ1) is 15.8. The molecule has 2 aromatic carbocycles. The molecular weight excluding hydrogens is 444 g/mol. The van der Waals surface area contributed by atoms with E-state index >= 15 is 0 Å². The van der Waals surface area contributed by atoms with E-state index in [0.717, 1.165) is 37.2 Å². The Labute approximate surface area is 197 Å². The van der Waals surface area contributed by atoms with Crippen LogP contribution in [0.25, 0.3) is 0 Å². The molecule has 2 aromatic rings. The van der Waals surface area contributed by atoms with Crippen molar-refractivity contribution in [3.8, 4) is 0 Å². The molecule has 2 aliphatic rings. The molecule has 2 N–H and O–H groups in total. The number of nitrogens with zero attached hydrogens (tertiary/aromatic N) is 3. The van der Waals surface area contributed by atoms with Crippen LogP contribution in [0.4, 0.5) is 16.2 Å².